The third kappa shape index (κ3) is 2.98. The molecule has 2 aromatic heterocycles. The molecule has 0 aliphatic heterocycles. The predicted octanol–water partition coefficient (Wildman–Crippen LogP) is 0.919. The lowest BCUT2D eigenvalue weighted by molar-refractivity contribution is -0.129. The first-order chi connectivity index (χ1) is 8.97. The summed E-state index contributed by atoms with van der Waals surface area (Å²) in [5.74, 6) is 2.01. The molecule has 0 saturated heterocycles. The van der Waals surface area contributed by atoms with Gasteiger partial charge in [-0.3, -0.25) is 9.89 Å². The van der Waals surface area contributed by atoms with Crippen LogP contribution in [0.1, 0.15) is 28.7 Å². The van der Waals surface area contributed by atoms with Crippen LogP contribution < -0.4 is 0 Å². The van der Waals surface area contributed by atoms with Crippen LogP contribution in [0.4, 0.5) is 0 Å². The van der Waals surface area contributed by atoms with Crippen LogP contribution in [-0.2, 0) is 17.8 Å². The summed E-state index contributed by atoms with van der Waals surface area (Å²) in [6, 6.07) is 0. The summed E-state index contributed by atoms with van der Waals surface area (Å²) in [4.78, 5) is 17.9. The van der Waals surface area contributed by atoms with Gasteiger partial charge in [0.1, 0.15) is 11.6 Å². The Morgan fingerprint density at radius 3 is 2.63 bits per heavy atom. The number of rotatable bonds is 4. The van der Waals surface area contributed by atoms with Gasteiger partial charge < -0.3 is 9.42 Å². The lowest BCUT2D eigenvalue weighted by Crippen LogP contribution is -2.28. The Labute approximate surface area is 111 Å². The molecule has 0 saturated carbocycles. The number of likely N-dealkylation sites (N-methyl/N-ethyl adjacent to an activating group) is 1. The molecular formula is C12H17N5O2. The minimum absolute atomic E-state index is 0.0168. The number of hydrogen-bond donors (Lipinski definition) is 1. The molecule has 2 aromatic rings. The topological polar surface area (TPSA) is 87.9 Å². The maximum Gasteiger partial charge on any atom is 0.227 e. The zero-order valence-corrected chi connectivity index (χ0v) is 11.5. The number of carbonyl (C=O) groups excluding carboxylic acids is 1. The van der Waals surface area contributed by atoms with Gasteiger partial charge in [0.2, 0.25) is 5.91 Å². The Hall–Kier alpha value is -2.18. The molecule has 0 bridgehead atoms. The van der Waals surface area contributed by atoms with Crippen molar-refractivity contribution in [3.63, 3.8) is 0 Å². The Morgan fingerprint density at radius 2 is 2.11 bits per heavy atom. The second kappa shape index (κ2) is 5.21. The smallest absolute Gasteiger partial charge is 0.227 e. The Bertz CT molecular complexity index is 567. The van der Waals surface area contributed by atoms with Gasteiger partial charge in [0.05, 0.1) is 18.7 Å². The Kier molecular flexibility index (Phi) is 3.64. The quantitative estimate of drug-likeness (QED) is 0.886. The van der Waals surface area contributed by atoms with Gasteiger partial charge in [-0.2, -0.15) is 5.10 Å². The van der Waals surface area contributed by atoms with Crippen molar-refractivity contribution in [1.82, 2.24) is 25.2 Å². The van der Waals surface area contributed by atoms with E-state index in [1.807, 2.05) is 13.8 Å². The summed E-state index contributed by atoms with van der Waals surface area (Å²) in [6.45, 7) is 5.84. The minimum Gasteiger partial charge on any atom is -0.361 e. The van der Waals surface area contributed by atoms with Crippen LogP contribution in [0.25, 0.3) is 0 Å². The first-order valence-corrected chi connectivity index (χ1v) is 6.01. The zero-order chi connectivity index (χ0) is 14.0. The highest BCUT2D eigenvalue weighted by Gasteiger charge is 2.17. The van der Waals surface area contributed by atoms with Crippen molar-refractivity contribution in [2.75, 3.05) is 7.05 Å². The molecule has 0 spiro atoms. The lowest BCUT2D eigenvalue weighted by Gasteiger charge is -2.14. The maximum absolute atomic E-state index is 12.1. The lowest BCUT2D eigenvalue weighted by atomic mass is 10.1. The van der Waals surface area contributed by atoms with Crippen molar-refractivity contribution in [3.8, 4) is 0 Å². The van der Waals surface area contributed by atoms with E-state index in [1.54, 1.807) is 18.9 Å². The summed E-state index contributed by atoms with van der Waals surface area (Å²) in [5.41, 5.74) is 1.61. The largest absolute Gasteiger partial charge is 0.361 e. The predicted molar refractivity (Wildman–Crippen MR) is 67.3 cm³/mol. The number of aromatic nitrogens is 4. The van der Waals surface area contributed by atoms with Crippen LogP contribution in [0.15, 0.2) is 4.52 Å². The van der Waals surface area contributed by atoms with Crippen LogP contribution in [0.5, 0.6) is 0 Å². The molecule has 7 heteroatoms. The van der Waals surface area contributed by atoms with Crippen molar-refractivity contribution in [3.05, 3.63) is 28.7 Å². The van der Waals surface area contributed by atoms with E-state index < -0.39 is 0 Å². The fraction of sp³-hybridized carbons (Fsp3) is 0.500. The Balaban J connectivity index is 2.00. The third-order valence-electron chi connectivity index (χ3n) is 2.96. The molecule has 7 nitrogen and oxygen atoms in total. The van der Waals surface area contributed by atoms with Crippen molar-refractivity contribution < 1.29 is 9.32 Å². The van der Waals surface area contributed by atoms with Gasteiger partial charge in [0, 0.05) is 12.6 Å². The zero-order valence-electron chi connectivity index (χ0n) is 11.5. The normalized spacial score (nSPS) is 10.7. The summed E-state index contributed by atoms with van der Waals surface area (Å²) in [5, 5.41) is 10.6. The number of amides is 1. The van der Waals surface area contributed by atoms with E-state index in [0.29, 0.717) is 18.1 Å². The number of nitrogens with one attached hydrogen (secondary N) is 1. The number of aromatic amines is 1. The first-order valence-electron chi connectivity index (χ1n) is 6.01. The van der Waals surface area contributed by atoms with Gasteiger partial charge in [-0.1, -0.05) is 5.16 Å². The highest BCUT2D eigenvalue weighted by Crippen LogP contribution is 2.14. The number of carbonyl (C=O) groups is 1. The van der Waals surface area contributed by atoms with Crippen LogP contribution in [0.2, 0.25) is 0 Å². The highest BCUT2D eigenvalue weighted by molar-refractivity contribution is 5.78. The molecule has 0 atom stereocenters. The van der Waals surface area contributed by atoms with Gasteiger partial charge in [-0.25, -0.2) is 4.98 Å². The molecular weight excluding hydrogens is 246 g/mol. The van der Waals surface area contributed by atoms with E-state index in [0.717, 1.165) is 17.1 Å². The molecule has 102 valence electrons. The highest BCUT2D eigenvalue weighted by atomic mass is 16.5. The second-order valence-corrected chi connectivity index (χ2v) is 4.57. The second-order valence-electron chi connectivity index (χ2n) is 4.57. The number of H-pyrrole nitrogens is 1. The molecule has 1 N–H and O–H groups in total. The van der Waals surface area contributed by atoms with Crippen LogP contribution in [0, 0.1) is 20.8 Å². The monoisotopic (exact) mass is 263 g/mol. The van der Waals surface area contributed by atoms with Gasteiger partial charge >= 0.3 is 0 Å². The van der Waals surface area contributed by atoms with Crippen LogP contribution in [-0.4, -0.2) is 38.2 Å². The molecule has 0 aliphatic carbocycles. The van der Waals surface area contributed by atoms with E-state index >= 15 is 0 Å². The third-order valence-corrected chi connectivity index (χ3v) is 2.96. The molecule has 2 heterocycles. The van der Waals surface area contributed by atoms with E-state index in [-0.39, 0.29) is 12.3 Å². The fourth-order valence-electron chi connectivity index (χ4n) is 1.80. The minimum atomic E-state index is -0.0168. The SMILES string of the molecule is Cc1nc(CN(C)C(=O)Cc2c(C)noc2C)n[nH]1. The molecule has 1 amide bonds. The molecule has 0 radical (unpaired) electrons. The average Bonchev–Trinajstić information content (AvgIpc) is 2.89. The molecule has 0 unspecified atom stereocenters. The van der Waals surface area contributed by atoms with Crippen molar-refractivity contribution in [1.29, 1.82) is 0 Å². The molecule has 2 rings (SSSR count). The molecule has 0 fully saturated rings. The Morgan fingerprint density at radius 1 is 1.37 bits per heavy atom. The van der Waals surface area contributed by atoms with E-state index in [2.05, 4.69) is 20.3 Å². The maximum atomic E-state index is 12.1. The molecule has 0 aliphatic rings. The standard InChI is InChI=1S/C12H17N5O2/c1-7-10(8(2)19-16-7)5-12(18)17(4)6-11-13-9(3)14-15-11/h5-6H2,1-4H3,(H,13,14,15). The van der Waals surface area contributed by atoms with Crippen molar-refractivity contribution >= 4 is 5.91 Å². The fourth-order valence-corrected chi connectivity index (χ4v) is 1.80. The summed E-state index contributed by atoms with van der Waals surface area (Å²) in [6.07, 6.45) is 0.279. The number of hydrogen-bond acceptors (Lipinski definition) is 5. The summed E-state index contributed by atoms with van der Waals surface area (Å²) in [7, 11) is 1.73. The van der Waals surface area contributed by atoms with Crippen LogP contribution >= 0.6 is 0 Å². The summed E-state index contributed by atoms with van der Waals surface area (Å²) < 4.78 is 5.05. The van der Waals surface area contributed by atoms with Gasteiger partial charge in [0.15, 0.2) is 5.82 Å². The van der Waals surface area contributed by atoms with Gasteiger partial charge in [-0.15, -0.1) is 0 Å². The average molecular weight is 263 g/mol. The molecule has 0 aromatic carbocycles. The van der Waals surface area contributed by atoms with Crippen molar-refractivity contribution in [2.45, 2.75) is 33.7 Å². The van der Waals surface area contributed by atoms with Crippen molar-refractivity contribution in [2.24, 2.45) is 0 Å². The van der Waals surface area contributed by atoms with E-state index in [1.165, 1.54) is 0 Å². The first kappa shape index (κ1) is 13.3. The van der Waals surface area contributed by atoms with Gasteiger partial charge in [0.25, 0.3) is 0 Å². The number of nitrogens with zero attached hydrogens (tertiary/aromatic N) is 4. The number of aryl methyl sites for hydroxylation is 3. The molecule has 19 heavy (non-hydrogen) atoms. The van der Waals surface area contributed by atoms with E-state index in [9.17, 15) is 4.79 Å². The summed E-state index contributed by atoms with van der Waals surface area (Å²) >= 11 is 0. The van der Waals surface area contributed by atoms with E-state index in [4.69, 9.17) is 4.52 Å². The van der Waals surface area contributed by atoms with Gasteiger partial charge in [-0.05, 0) is 20.8 Å². The van der Waals surface area contributed by atoms with Crippen LogP contribution in [0.3, 0.4) is 0 Å².